The van der Waals surface area contributed by atoms with Gasteiger partial charge in [0.2, 0.25) is 5.95 Å². The highest BCUT2D eigenvalue weighted by atomic mass is 16.5. The van der Waals surface area contributed by atoms with Crippen molar-refractivity contribution < 1.29 is 4.74 Å². The number of hydrogen-bond donors (Lipinski definition) is 2. The molecule has 0 bridgehead atoms. The highest BCUT2D eigenvalue weighted by Gasteiger charge is 2.16. The third kappa shape index (κ3) is 4.37. The SMILES string of the molecule is COc1ccc(Nc2cc(-c3ccccc3)nc(NC3CCCC3)n2)cc1. The van der Waals surface area contributed by atoms with Crippen LogP contribution < -0.4 is 15.4 Å². The molecule has 1 aliphatic rings. The number of ether oxygens (including phenoxy) is 1. The van der Waals surface area contributed by atoms with E-state index in [1.54, 1.807) is 7.11 Å². The van der Waals surface area contributed by atoms with Gasteiger partial charge in [-0.15, -0.1) is 0 Å². The molecule has 0 saturated heterocycles. The summed E-state index contributed by atoms with van der Waals surface area (Å²) in [5.41, 5.74) is 2.94. The van der Waals surface area contributed by atoms with E-state index < -0.39 is 0 Å². The molecule has 2 N–H and O–H groups in total. The van der Waals surface area contributed by atoms with E-state index in [9.17, 15) is 0 Å². The van der Waals surface area contributed by atoms with Gasteiger partial charge in [-0.05, 0) is 37.1 Å². The van der Waals surface area contributed by atoms with E-state index >= 15 is 0 Å². The average molecular weight is 360 g/mol. The molecule has 4 rings (SSSR count). The van der Waals surface area contributed by atoms with E-state index in [4.69, 9.17) is 14.7 Å². The predicted molar refractivity (Wildman–Crippen MR) is 110 cm³/mol. The van der Waals surface area contributed by atoms with Crippen molar-refractivity contribution in [2.45, 2.75) is 31.7 Å². The lowest BCUT2D eigenvalue weighted by molar-refractivity contribution is 0.415. The van der Waals surface area contributed by atoms with Gasteiger partial charge in [0.1, 0.15) is 11.6 Å². The van der Waals surface area contributed by atoms with Crippen molar-refractivity contribution in [3.05, 3.63) is 60.7 Å². The Bertz CT molecular complexity index is 875. The number of benzene rings is 2. The molecule has 2 aromatic carbocycles. The molecule has 0 amide bonds. The highest BCUT2D eigenvalue weighted by molar-refractivity contribution is 5.67. The molecule has 1 fully saturated rings. The first-order valence-electron chi connectivity index (χ1n) is 9.42. The number of rotatable bonds is 6. The van der Waals surface area contributed by atoms with Gasteiger partial charge in [0, 0.05) is 23.4 Å². The van der Waals surface area contributed by atoms with E-state index in [-0.39, 0.29) is 0 Å². The maximum Gasteiger partial charge on any atom is 0.225 e. The summed E-state index contributed by atoms with van der Waals surface area (Å²) in [6, 6.07) is 20.5. The van der Waals surface area contributed by atoms with Crippen LogP contribution in [0, 0.1) is 0 Å². The topological polar surface area (TPSA) is 59.1 Å². The standard InChI is InChI=1S/C22H24N4O/c1-27-19-13-11-18(12-14-19)23-21-15-20(16-7-3-2-4-8-16)25-22(26-21)24-17-9-5-6-10-17/h2-4,7-8,11-15,17H,5-6,9-10H2,1H3,(H2,23,24,25,26). The van der Waals surface area contributed by atoms with Crippen LogP contribution in [-0.4, -0.2) is 23.1 Å². The normalized spacial score (nSPS) is 14.1. The van der Waals surface area contributed by atoms with Crippen molar-refractivity contribution in [2.75, 3.05) is 17.7 Å². The molecule has 1 aromatic heterocycles. The summed E-state index contributed by atoms with van der Waals surface area (Å²) in [7, 11) is 1.67. The molecule has 5 nitrogen and oxygen atoms in total. The zero-order valence-electron chi connectivity index (χ0n) is 15.5. The minimum absolute atomic E-state index is 0.463. The lowest BCUT2D eigenvalue weighted by Gasteiger charge is -2.15. The molecule has 138 valence electrons. The summed E-state index contributed by atoms with van der Waals surface area (Å²) in [6.45, 7) is 0. The molecule has 0 atom stereocenters. The van der Waals surface area contributed by atoms with Crippen LogP contribution in [0.1, 0.15) is 25.7 Å². The first kappa shape index (κ1) is 17.3. The Balaban J connectivity index is 1.63. The molecule has 0 aliphatic heterocycles. The smallest absolute Gasteiger partial charge is 0.225 e. The zero-order chi connectivity index (χ0) is 18.5. The minimum atomic E-state index is 0.463. The van der Waals surface area contributed by atoms with Gasteiger partial charge in [0.15, 0.2) is 0 Å². The van der Waals surface area contributed by atoms with Gasteiger partial charge < -0.3 is 15.4 Å². The van der Waals surface area contributed by atoms with Crippen LogP contribution in [0.4, 0.5) is 17.5 Å². The molecule has 0 spiro atoms. The van der Waals surface area contributed by atoms with Crippen LogP contribution in [0.5, 0.6) is 5.75 Å². The summed E-state index contributed by atoms with van der Waals surface area (Å²) in [5.74, 6) is 2.28. The van der Waals surface area contributed by atoms with E-state index in [2.05, 4.69) is 22.8 Å². The van der Waals surface area contributed by atoms with Gasteiger partial charge >= 0.3 is 0 Å². The lowest BCUT2D eigenvalue weighted by Crippen LogP contribution is -2.17. The first-order valence-corrected chi connectivity index (χ1v) is 9.42. The van der Waals surface area contributed by atoms with Crippen molar-refractivity contribution in [1.82, 2.24) is 9.97 Å². The second-order valence-electron chi connectivity index (χ2n) is 6.81. The summed E-state index contributed by atoms with van der Waals surface area (Å²) >= 11 is 0. The zero-order valence-corrected chi connectivity index (χ0v) is 15.5. The molecule has 27 heavy (non-hydrogen) atoms. The van der Waals surface area contributed by atoms with Gasteiger partial charge in [-0.2, -0.15) is 4.98 Å². The Labute approximate surface area is 159 Å². The van der Waals surface area contributed by atoms with Gasteiger partial charge in [-0.1, -0.05) is 43.2 Å². The highest BCUT2D eigenvalue weighted by Crippen LogP contribution is 2.26. The summed E-state index contributed by atoms with van der Waals surface area (Å²) < 4.78 is 5.23. The van der Waals surface area contributed by atoms with Crippen LogP contribution in [0.15, 0.2) is 60.7 Å². The second kappa shape index (κ2) is 8.08. The van der Waals surface area contributed by atoms with Gasteiger partial charge in [0.05, 0.1) is 12.8 Å². The summed E-state index contributed by atoms with van der Waals surface area (Å²) in [4.78, 5) is 9.45. The van der Waals surface area contributed by atoms with Crippen molar-refractivity contribution in [2.24, 2.45) is 0 Å². The molecule has 3 aromatic rings. The van der Waals surface area contributed by atoms with E-state index in [1.165, 1.54) is 25.7 Å². The molecular formula is C22H24N4O. The van der Waals surface area contributed by atoms with Crippen molar-refractivity contribution in [1.29, 1.82) is 0 Å². The van der Waals surface area contributed by atoms with Crippen LogP contribution in [-0.2, 0) is 0 Å². The number of nitrogens with zero attached hydrogens (tertiary/aromatic N) is 2. The number of aromatic nitrogens is 2. The fourth-order valence-corrected chi connectivity index (χ4v) is 3.41. The Morgan fingerprint density at radius 2 is 1.67 bits per heavy atom. The van der Waals surface area contributed by atoms with Gasteiger partial charge in [-0.25, -0.2) is 4.98 Å². The maximum absolute atomic E-state index is 5.23. The molecule has 1 aliphatic carbocycles. The molecule has 1 saturated carbocycles. The predicted octanol–water partition coefficient (Wildman–Crippen LogP) is 5.25. The third-order valence-corrected chi connectivity index (χ3v) is 4.85. The Hall–Kier alpha value is -3.08. The number of nitrogens with one attached hydrogen (secondary N) is 2. The first-order chi connectivity index (χ1) is 13.3. The molecule has 1 heterocycles. The average Bonchev–Trinajstić information content (AvgIpc) is 3.22. The molecule has 0 radical (unpaired) electrons. The maximum atomic E-state index is 5.23. The molecule has 0 unspecified atom stereocenters. The van der Waals surface area contributed by atoms with E-state index in [0.717, 1.165) is 28.5 Å². The lowest BCUT2D eigenvalue weighted by atomic mass is 10.1. The van der Waals surface area contributed by atoms with Crippen LogP contribution in [0.25, 0.3) is 11.3 Å². The van der Waals surface area contributed by atoms with Crippen molar-refractivity contribution in [3.63, 3.8) is 0 Å². The molecule has 5 heteroatoms. The minimum Gasteiger partial charge on any atom is -0.497 e. The second-order valence-corrected chi connectivity index (χ2v) is 6.81. The quantitative estimate of drug-likeness (QED) is 0.629. The van der Waals surface area contributed by atoms with Crippen molar-refractivity contribution >= 4 is 17.5 Å². The van der Waals surface area contributed by atoms with E-state index in [1.807, 2.05) is 48.5 Å². The van der Waals surface area contributed by atoms with Crippen LogP contribution >= 0.6 is 0 Å². The molecular weight excluding hydrogens is 336 g/mol. The van der Waals surface area contributed by atoms with Crippen LogP contribution in [0.2, 0.25) is 0 Å². The van der Waals surface area contributed by atoms with E-state index in [0.29, 0.717) is 12.0 Å². The number of anilines is 3. The number of methoxy groups -OCH3 is 1. The van der Waals surface area contributed by atoms with Crippen LogP contribution in [0.3, 0.4) is 0 Å². The third-order valence-electron chi connectivity index (χ3n) is 4.85. The van der Waals surface area contributed by atoms with Crippen molar-refractivity contribution in [3.8, 4) is 17.0 Å². The monoisotopic (exact) mass is 360 g/mol. The largest absolute Gasteiger partial charge is 0.497 e. The van der Waals surface area contributed by atoms with Gasteiger partial charge in [-0.3, -0.25) is 0 Å². The number of hydrogen-bond acceptors (Lipinski definition) is 5. The Morgan fingerprint density at radius 3 is 2.37 bits per heavy atom. The summed E-state index contributed by atoms with van der Waals surface area (Å²) in [5, 5.41) is 6.90. The Morgan fingerprint density at radius 1 is 0.926 bits per heavy atom. The summed E-state index contributed by atoms with van der Waals surface area (Å²) in [6.07, 6.45) is 4.90. The Kier molecular flexibility index (Phi) is 5.19. The fourth-order valence-electron chi connectivity index (χ4n) is 3.41. The fraction of sp³-hybridized carbons (Fsp3) is 0.273. The van der Waals surface area contributed by atoms with Gasteiger partial charge in [0.25, 0.3) is 0 Å².